The highest BCUT2D eigenvalue weighted by Crippen LogP contribution is 2.15. The summed E-state index contributed by atoms with van der Waals surface area (Å²) in [5, 5.41) is 17.7. The van der Waals surface area contributed by atoms with Crippen molar-refractivity contribution in [3.8, 4) is 5.95 Å². The van der Waals surface area contributed by atoms with E-state index in [1.165, 1.54) is 19.3 Å². The molecule has 0 aliphatic carbocycles. The molecule has 0 spiro atoms. The van der Waals surface area contributed by atoms with Crippen LogP contribution >= 0.6 is 0 Å². The third kappa shape index (κ3) is 2.82. The van der Waals surface area contributed by atoms with Gasteiger partial charge >= 0.3 is 0 Å². The summed E-state index contributed by atoms with van der Waals surface area (Å²) in [6.07, 6.45) is 3.70. The van der Waals surface area contributed by atoms with Crippen molar-refractivity contribution >= 4 is 0 Å². The van der Waals surface area contributed by atoms with E-state index in [0.717, 1.165) is 26.2 Å². The summed E-state index contributed by atoms with van der Waals surface area (Å²) in [5.41, 5.74) is 0.629. The molecule has 2 aliphatic rings. The number of hydrogen-bond acceptors (Lipinski definition) is 6. The van der Waals surface area contributed by atoms with Crippen molar-refractivity contribution in [1.29, 1.82) is 0 Å². The standard InChI is InChI=1S/C12H20N4O3/c17-12-11(10-14-4-2-1-3-5-14)16(13-19-12)15-6-8-18-9-7-15/h1-10H2. The van der Waals surface area contributed by atoms with Gasteiger partial charge in [0.1, 0.15) is 5.27 Å². The minimum atomic E-state index is -0.322. The van der Waals surface area contributed by atoms with Crippen LogP contribution in [-0.4, -0.2) is 49.6 Å². The largest absolute Gasteiger partial charge is 0.539 e. The van der Waals surface area contributed by atoms with Crippen LogP contribution in [0.1, 0.15) is 25.0 Å². The van der Waals surface area contributed by atoms with Crippen LogP contribution in [0.15, 0.2) is 4.52 Å². The third-order valence-corrected chi connectivity index (χ3v) is 3.76. The molecule has 2 aliphatic heterocycles. The highest BCUT2D eigenvalue weighted by atomic mass is 16.6. The fraction of sp³-hybridized carbons (Fsp3) is 0.833. The molecule has 0 unspecified atom stereocenters. The van der Waals surface area contributed by atoms with E-state index in [1.807, 2.05) is 5.01 Å². The number of likely N-dealkylation sites (tertiary alicyclic amines) is 1. The van der Waals surface area contributed by atoms with Crippen molar-refractivity contribution in [3.63, 3.8) is 0 Å². The fourth-order valence-electron chi connectivity index (χ4n) is 2.68. The molecule has 7 nitrogen and oxygen atoms in total. The lowest BCUT2D eigenvalue weighted by molar-refractivity contribution is -0.766. The van der Waals surface area contributed by atoms with Crippen LogP contribution in [0.3, 0.4) is 0 Å². The molecule has 3 heterocycles. The molecule has 2 saturated heterocycles. The summed E-state index contributed by atoms with van der Waals surface area (Å²) in [5.74, 6) is -0.322. The second-order valence-electron chi connectivity index (χ2n) is 5.10. The van der Waals surface area contributed by atoms with Crippen LogP contribution in [0.25, 0.3) is 0 Å². The average molecular weight is 268 g/mol. The van der Waals surface area contributed by atoms with Gasteiger partial charge < -0.3 is 14.4 Å². The highest BCUT2D eigenvalue weighted by molar-refractivity contribution is 5.04. The normalized spacial score (nSPS) is 21.8. The summed E-state index contributed by atoms with van der Waals surface area (Å²) in [7, 11) is 0. The Balaban J connectivity index is 1.73. The smallest absolute Gasteiger partial charge is 0.281 e. The zero-order valence-corrected chi connectivity index (χ0v) is 11.1. The van der Waals surface area contributed by atoms with Gasteiger partial charge in [0.05, 0.1) is 32.8 Å². The van der Waals surface area contributed by atoms with Gasteiger partial charge in [0.15, 0.2) is 5.95 Å². The molecule has 0 aromatic carbocycles. The lowest BCUT2D eigenvalue weighted by Crippen LogP contribution is -2.65. The summed E-state index contributed by atoms with van der Waals surface area (Å²) in [4.78, 5) is 3.94. The van der Waals surface area contributed by atoms with E-state index in [9.17, 15) is 5.11 Å². The van der Waals surface area contributed by atoms with E-state index >= 15 is 0 Å². The highest BCUT2D eigenvalue weighted by Gasteiger charge is 2.28. The number of piperidine rings is 1. The number of hydrogen-bond donors (Lipinski definition) is 0. The molecule has 0 bridgehead atoms. The molecule has 2 fully saturated rings. The zero-order chi connectivity index (χ0) is 13.1. The molecule has 1 aromatic heterocycles. The molecule has 0 amide bonds. The van der Waals surface area contributed by atoms with Crippen LogP contribution in [0.2, 0.25) is 0 Å². The minimum absolute atomic E-state index is 0.322. The van der Waals surface area contributed by atoms with E-state index in [0.29, 0.717) is 25.5 Å². The van der Waals surface area contributed by atoms with Crippen molar-refractivity contribution in [1.82, 2.24) is 10.2 Å². The minimum Gasteiger partial charge on any atom is -0.539 e. The molecule has 0 saturated carbocycles. The number of ether oxygens (including phenoxy) is 1. The number of aromatic nitrogens is 2. The number of nitrogens with zero attached hydrogens (tertiary/aromatic N) is 4. The van der Waals surface area contributed by atoms with Gasteiger partial charge in [-0.25, -0.2) is 0 Å². The van der Waals surface area contributed by atoms with Gasteiger partial charge in [-0.1, -0.05) is 6.42 Å². The van der Waals surface area contributed by atoms with Crippen molar-refractivity contribution in [2.24, 2.45) is 0 Å². The van der Waals surface area contributed by atoms with E-state index in [1.54, 1.807) is 4.79 Å². The zero-order valence-electron chi connectivity index (χ0n) is 11.1. The Morgan fingerprint density at radius 1 is 1.11 bits per heavy atom. The Kier molecular flexibility index (Phi) is 3.84. The van der Waals surface area contributed by atoms with Crippen LogP contribution < -0.4 is 14.9 Å². The first-order chi connectivity index (χ1) is 9.34. The summed E-state index contributed by atoms with van der Waals surface area (Å²) < 4.78 is 10.2. The first kappa shape index (κ1) is 12.7. The second kappa shape index (κ2) is 5.75. The monoisotopic (exact) mass is 268 g/mol. The van der Waals surface area contributed by atoms with Crippen molar-refractivity contribution in [2.45, 2.75) is 25.8 Å². The van der Waals surface area contributed by atoms with Gasteiger partial charge in [-0.2, -0.15) is 5.01 Å². The lowest BCUT2D eigenvalue weighted by Gasteiger charge is -2.26. The molecule has 0 N–H and O–H groups in total. The number of rotatable bonds is 3. The first-order valence-electron chi connectivity index (χ1n) is 6.98. The molecule has 0 radical (unpaired) electrons. The van der Waals surface area contributed by atoms with Gasteiger partial charge in [0, 0.05) is 4.79 Å². The van der Waals surface area contributed by atoms with Crippen LogP contribution in [-0.2, 0) is 11.3 Å². The Labute approximate surface area is 112 Å². The SMILES string of the molecule is [O-]c1on[n+](N2CCOCC2)c1CN1CCCCC1. The maximum Gasteiger partial charge on any atom is 0.281 e. The van der Waals surface area contributed by atoms with E-state index < -0.39 is 0 Å². The van der Waals surface area contributed by atoms with E-state index in [4.69, 9.17) is 9.26 Å². The Morgan fingerprint density at radius 2 is 1.84 bits per heavy atom. The maximum absolute atomic E-state index is 11.8. The van der Waals surface area contributed by atoms with Gasteiger partial charge in [-0.3, -0.25) is 4.90 Å². The summed E-state index contributed by atoms with van der Waals surface area (Å²) in [6, 6.07) is 0. The molecule has 1 aromatic rings. The van der Waals surface area contributed by atoms with Crippen LogP contribution in [0.5, 0.6) is 5.95 Å². The van der Waals surface area contributed by atoms with Crippen LogP contribution in [0, 0.1) is 0 Å². The predicted molar refractivity (Wildman–Crippen MR) is 64.0 cm³/mol. The second-order valence-corrected chi connectivity index (χ2v) is 5.10. The first-order valence-corrected chi connectivity index (χ1v) is 6.98. The molecule has 7 heteroatoms. The third-order valence-electron chi connectivity index (χ3n) is 3.76. The van der Waals surface area contributed by atoms with Crippen molar-refractivity contribution in [2.75, 3.05) is 44.4 Å². The van der Waals surface area contributed by atoms with Gasteiger partial charge in [-0.15, -0.1) is 0 Å². The Hall–Kier alpha value is -1.34. The van der Waals surface area contributed by atoms with Gasteiger partial charge in [0.2, 0.25) is 0 Å². The number of morpholine rings is 1. The maximum atomic E-state index is 11.8. The quantitative estimate of drug-likeness (QED) is 0.654. The molecule has 3 rings (SSSR count). The molecular formula is C12H20N4O3. The summed E-state index contributed by atoms with van der Waals surface area (Å²) >= 11 is 0. The molecule has 106 valence electrons. The molecule has 19 heavy (non-hydrogen) atoms. The molecular weight excluding hydrogens is 248 g/mol. The van der Waals surface area contributed by atoms with Crippen molar-refractivity contribution in [3.05, 3.63) is 5.69 Å². The van der Waals surface area contributed by atoms with Gasteiger partial charge in [-0.05, 0) is 25.9 Å². The van der Waals surface area contributed by atoms with E-state index in [-0.39, 0.29) is 5.95 Å². The summed E-state index contributed by atoms with van der Waals surface area (Å²) in [6.45, 7) is 5.53. The van der Waals surface area contributed by atoms with Crippen molar-refractivity contribution < 1.29 is 19.2 Å². The van der Waals surface area contributed by atoms with Gasteiger partial charge in [0.25, 0.3) is 5.69 Å². The predicted octanol–water partition coefficient (Wildman–Crippen LogP) is -1.01. The Morgan fingerprint density at radius 3 is 2.58 bits per heavy atom. The lowest BCUT2D eigenvalue weighted by atomic mass is 10.1. The fourth-order valence-corrected chi connectivity index (χ4v) is 2.68. The molecule has 0 atom stereocenters. The van der Waals surface area contributed by atoms with E-state index in [2.05, 4.69) is 10.2 Å². The Bertz CT molecular complexity index is 411. The average Bonchev–Trinajstić information content (AvgIpc) is 2.82. The topological polar surface area (TPSA) is 68.7 Å². The van der Waals surface area contributed by atoms with Crippen LogP contribution in [0.4, 0.5) is 0 Å².